The number of esters is 2. The summed E-state index contributed by atoms with van der Waals surface area (Å²) < 4.78 is 15.4. The summed E-state index contributed by atoms with van der Waals surface area (Å²) in [7, 11) is 0. The van der Waals surface area contributed by atoms with Gasteiger partial charge in [0.15, 0.2) is 12.7 Å². The number of nitrogens with one attached hydrogen (secondary N) is 1. The third-order valence-electron chi connectivity index (χ3n) is 3.72. The molecule has 0 saturated heterocycles. The van der Waals surface area contributed by atoms with Gasteiger partial charge in [-0.25, -0.2) is 9.59 Å². The molecular weight excluding hydrogens is 433 g/mol. The van der Waals surface area contributed by atoms with Gasteiger partial charge in [0.25, 0.3) is 5.91 Å². The van der Waals surface area contributed by atoms with E-state index in [9.17, 15) is 14.4 Å². The fraction of sp³-hybridized carbons (Fsp3) is 0.286. The van der Waals surface area contributed by atoms with Crippen molar-refractivity contribution in [1.82, 2.24) is 0 Å². The van der Waals surface area contributed by atoms with Gasteiger partial charge in [0, 0.05) is 10.7 Å². The monoisotopic (exact) mass is 453 g/mol. The summed E-state index contributed by atoms with van der Waals surface area (Å²) in [5.74, 6) is -1.43. The van der Waals surface area contributed by atoms with Gasteiger partial charge in [-0.2, -0.15) is 0 Å². The highest BCUT2D eigenvalue weighted by atomic mass is 35.5. The van der Waals surface area contributed by atoms with Crippen molar-refractivity contribution in [2.24, 2.45) is 0 Å². The lowest BCUT2D eigenvalue weighted by atomic mass is 10.2. The molecule has 0 aliphatic heterocycles. The minimum absolute atomic E-state index is 0.252. The molecule has 9 heteroatoms. The number of amides is 1. The topological polar surface area (TPSA) is 90.9 Å². The smallest absolute Gasteiger partial charge is 0.347 e. The normalized spacial score (nSPS) is 11.3. The SMILES string of the molecule is CCCOC(=O)c1ccc(NC(=O)COC(=O)[C@H](C)Oc2ccc(Cl)cc2Cl)cc1. The van der Waals surface area contributed by atoms with Gasteiger partial charge in [-0.3, -0.25) is 4.79 Å². The van der Waals surface area contributed by atoms with E-state index >= 15 is 0 Å². The summed E-state index contributed by atoms with van der Waals surface area (Å²) in [5, 5.41) is 3.25. The summed E-state index contributed by atoms with van der Waals surface area (Å²) in [6, 6.07) is 10.8. The molecule has 7 nitrogen and oxygen atoms in total. The van der Waals surface area contributed by atoms with Crippen LogP contribution in [0, 0.1) is 0 Å². The van der Waals surface area contributed by atoms with Gasteiger partial charge in [0.1, 0.15) is 5.75 Å². The molecule has 30 heavy (non-hydrogen) atoms. The van der Waals surface area contributed by atoms with Gasteiger partial charge in [-0.15, -0.1) is 0 Å². The van der Waals surface area contributed by atoms with Gasteiger partial charge in [-0.1, -0.05) is 30.1 Å². The summed E-state index contributed by atoms with van der Waals surface area (Å²) in [6.45, 7) is 3.22. The molecule has 0 aliphatic rings. The predicted octanol–water partition coefficient (Wildman–Crippen LogP) is 4.51. The second-order valence-corrected chi connectivity index (χ2v) is 7.05. The lowest BCUT2D eigenvalue weighted by Crippen LogP contribution is -2.29. The van der Waals surface area contributed by atoms with Crippen LogP contribution in [0.3, 0.4) is 0 Å². The highest BCUT2D eigenvalue weighted by Gasteiger charge is 2.19. The Morgan fingerprint density at radius 2 is 1.73 bits per heavy atom. The molecule has 0 fully saturated rings. The van der Waals surface area contributed by atoms with Crippen molar-refractivity contribution in [1.29, 1.82) is 0 Å². The molecule has 0 unspecified atom stereocenters. The zero-order valence-corrected chi connectivity index (χ0v) is 18.0. The second-order valence-electron chi connectivity index (χ2n) is 6.20. The van der Waals surface area contributed by atoms with E-state index in [0.717, 1.165) is 6.42 Å². The Morgan fingerprint density at radius 3 is 2.37 bits per heavy atom. The van der Waals surface area contributed by atoms with Crippen LogP contribution in [0.1, 0.15) is 30.6 Å². The summed E-state index contributed by atoms with van der Waals surface area (Å²) in [5.41, 5.74) is 0.819. The molecule has 1 amide bonds. The van der Waals surface area contributed by atoms with E-state index < -0.39 is 30.6 Å². The highest BCUT2D eigenvalue weighted by Crippen LogP contribution is 2.28. The average Bonchev–Trinajstić information content (AvgIpc) is 2.72. The molecule has 2 rings (SSSR count). The second kappa shape index (κ2) is 11.4. The number of hydrogen-bond donors (Lipinski definition) is 1. The van der Waals surface area contributed by atoms with Crippen LogP contribution in [0.2, 0.25) is 10.0 Å². The van der Waals surface area contributed by atoms with Gasteiger partial charge in [0.05, 0.1) is 17.2 Å². The highest BCUT2D eigenvalue weighted by molar-refractivity contribution is 6.35. The fourth-order valence-corrected chi connectivity index (χ4v) is 2.68. The van der Waals surface area contributed by atoms with E-state index in [1.54, 1.807) is 18.2 Å². The van der Waals surface area contributed by atoms with Gasteiger partial charge in [0.2, 0.25) is 0 Å². The first-order valence-corrected chi connectivity index (χ1v) is 9.91. The number of hydrogen-bond acceptors (Lipinski definition) is 6. The molecule has 1 atom stereocenters. The van der Waals surface area contributed by atoms with E-state index in [0.29, 0.717) is 22.9 Å². The van der Waals surface area contributed by atoms with Gasteiger partial charge < -0.3 is 19.5 Å². The quantitative estimate of drug-likeness (QED) is 0.561. The van der Waals surface area contributed by atoms with Crippen LogP contribution >= 0.6 is 23.2 Å². The summed E-state index contributed by atoms with van der Waals surface area (Å²) in [6.07, 6.45) is -0.250. The maximum Gasteiger partial charge on any atom is 0.347 e. The Hall–Kier alpha value is -2.77. The molecule has 0 radical (unpaired) electrons. The summed E-state index contributed by atoms with van der Waals surface area (Å²) >= 11 is 11.8. The first kappa shape index (κ1) is 23.5. The van der Waals surface area contributed by atoms with Crippen LogP contribution in [0.25, 0.3) is 0 Å². The van der Waals surface area contributed by atoms with Crippen molar-refractivity contribution >= 4 is 46.7 Å². The minimum Gasteiger partial charge on any atom is -0.477 e. The lowest BCUT2D eigenvalue weighted by molar-refractivity contribution is -0.153. The molecule has 0 spiro atoms. The van der Waals surface area contributed by atoms with Gasteiger partial charge in [-0.05, 0) is 55.8 Å². The summed E-state index contributed by atoms with van der Waals surface area (Å²) in [4.78, 5) is 35.8. The number of carbonyl (C=O) groups excluding carboxylic acids is 3. The zero-order valence-electron chi connectivity index (χ0n) is 16.4. The molecule has 0 saturated carbocycles. The Bertz CT molecular complexity index is 901. The Kier molecular flexibility index (Phi) is 8.95. The molecule has 2 aromatic carbocycles. The van der Waals surface area contributed by atoms with Crippen molar-refractivity contribution in [2.45, 2.75) is 26.4 Å². The maximum absolute atomic E-state index is 12.0. The van der Waals surface area contributed by atoms with E-state index in [4.69, 9.17) is 37.4 Å². The van der Waals surface area contributed by atoms with Gasteiger partial charge >= 0.3 is 11.9 Å². The largest absolute Gasteiger partial charge is 0.477 e. The van der Waals surface area contributed by atoms with Crippen LogP contribution in [0.15, 0.2) is 42.5 Å². The van der Waals surface area contributed by atoms with E-state index in [-0.39, 0.29) is 10.8 Å². The van der Waals surface area contributed by atoms with Crippen molar-refractivity contribution in [3.05, 3.63) is 58.1 Å². The number of benzene rings is 2. The molecule has 160 valence electrons. The third-order valence-corrected chi connectivity index (χ3v) is 4.25. The number of carbonyl (C=O) groups is 3. The first-order valence-electron chi connectivity index (χ1n) is 9.15. The lowest BCUT2D eigenvalue weighted by Gasteiger charge is -2.15. The molecule has 2 aromatic rings. The Morgan fingerprint density at radius 1 is 1.03 bits per heavy atom. The van der Waals surface area contributed by atoms with E-state index in [1.165, 1.54) is 31.2 Å². The maximum atomic E-state index is 12.0. The molecule has 0 aliphatic carbocycles. The molecule has 0 heterocycles. The number of ether oxygens (including phenoxy) is 3. The average molecular weight is 454 g/mol. The molecule has 0 bridgehead atoms. The molecular formula is C21H21Cl2NO6. The Labute approximate surface area is 184 Å². The standard InChI is InChI=1S/C21H21Cl2NO6/c1-3-10-28-21(27)14-4-7-16(8-5-14)24-19(25)12-29-20(26)13(2)30-18-9-6-15(22)11-17(18)23/h4-9,11,13H,3,10,12H2,1-2H3,(H,24,25)/t13-/m0/s1. The van der Waals surface area contributed by atoms with Crippen LogP contribution in [-0.4, -0.2) is 37.2 Å². The van der Waals surface area contributed by atoms with Crippen molar-refractivity contribution < 1.29 is 28.6 Å². The molecule has 0 aromatic heterocycles. The fourth-order valence-electron chi connectivity index (χ4n) is 2.23. The van der Waals surface area contributed by atoms with Crippen molar-refractivity contribution in [3.63, 3.8) is 0 Å². The Balaban J connectivity index is 1.80. The number of anilines is 1. The molecule has 1 N–H and O–H groups in total. The number of halogens is 2. The predicted molar refractivity (Wildman–Crippen MR) is 113 cm³/mol. The van der Waals surface area contributed by atoms with Crippen LogP contribution in [-0.2, 0) is 19.1 Å². The van der Waals surface area contributed by atoms with Crippen LogP contribution < -0.4 is 10.1 Å². The number of rotatable bonds is 9. The first-order chi connectivity index (χ1) is 14.3. The van der Waals surface area contributed by atoms with Crippen LogP contribution in [0.4, 0.5) is 5.69 Å². The van der Waals surface area contributed by atoms with E-state index in [1.807, 2.05) is 6.92 Å². The minimum atomic E-state index is -0.982. The van der Waals surface area contributed by atoms with Crippen LogP contribution in [0.5, 0.6) is 5.75 Å². The van der Waals surface area contributed by atoms with E-state index in [2.05, 4.69) is 5.32 Å². The zero-order chi connectivity index (χ0) is 22.1. The van der Waals surface area contributed by atoms with Crippen molar-refractivity contribution in [2.75, 3.05) is 18.5 Å². The van der Waals surface area contributed by atoms with Crippen molar-refractivity contribution in [3.8, 4) is 5.75 Å². The third kappa shape index (κ3) is 7.24.